The molecule has 0 radical (unpaired) electrons. The Morgan fingerprint density at radius 2 is 1.67 bits per heavy atom. The molecule has 0 fully saturated rings. The third-order valence-electron chi connectivity index (χ3n) is 2.55. The van der Waals surface area contributed by atoms with Crippen LogP contribution in [-0.4, -0.2) is 12.0 Å². The summed E-state index contributed by atoms with van der Waals surface area (Å²) in [7, 11) is 1.64. The van der Waals surface area contributed by atoms with E-state index in [2.05, 4.69) is 10.3 Å². The number of hydrogen-bond acceptors (Lipinski definition) is 2. The first-order valence-electron chi connectivity index (χ1n) is 5.35. The molecule has 2 rings (SSSR count). The standard InChI is InChI=1S/C13H11F3N2/c1-17-13(12-3-2-9(14)7-18-12)8-4-10(15)6-11(16)5-8/h2-7,13,17H,1H3. The van der Waals surface area contributed by atoms with Crippen LogP contribution in [0.2, 0.25) is 0 Å². The maximum atomic E-state index is 13.2. The Kier molecular flexibility index (Phi) is 3.62. The molecular weight excluding hydrogens is 241 g/mol. The van der Waals surface area contributed by atoms with Crippen molar-refractivity contribution in [2.24, 2.45) is 0 Å². The van der Waals surface area contributed by atoms with Crippen molar-refractivity contribution >= 4 is 0 Å². The van der Waals surface area contributed by atoms with Crippen LogP contribution in [0.15, 0.2) is 36.5 Å². The average Bonchev–Trinajstić information content (AvgIpc) is 2.31. The molecule has 0 bridgehead atoms. The molecule has 5 heteroatoms. The van der Waals surface area contributed by atoms with Crippen LogP contribution in [0.5, 0.6) is 0 Å². The van der Waals surface area contributed by atoms with Gasteiger partial charge in [0.25, 0.3) is 0 Å². The molecular formula is C13H11F3N2. The number of nitrogens with one attached hydrogen (secondary N) is 1. The van der Waals surface area contributed by atoms with Crippen molar-refractivity contribution in [3.05, 3.63) is 65.2 Å². The summed E-state index contributed by atoms with van der Waals surface area (Å²) in [6, 6.07) is 5.47. The maximum absolute atomic E-state index is 13.2. The van der Waals surface area contributed by atoms with E-state index in [0.29, 0.717) is 11.3 Å². The van der Waals surface area contributed by atoms with E-state index in [4.69, 9.17) is 0 Å². The van der Waals surface area contributed by atoms with Crippen molar-refractivity contribution in [2.75, 3.05) is 7.05 Å². The van der Waals surface area contributed by atoms with Crippen LogP contribution in [0.4, 0.5) is 13.2 Å². The number of aromatic nitrogens is 1. The number of nitrogens with zero attached hydrogens (tertiary/aromatic N) is 1. The molecule has 0 saturated carbocycles. The summed E-state index contributed by atoms with van der Waals surface area (Å²) >= 11 is 0. The minimum Gasteiger partial charge on any atom is -0.308 e. The molecule has 2 aromatic rings. The van der Waals surface area contributed by atoms with Crippen molar-refractivity contribution in [1.29, 1.82) is 0 Å². The third-order valence-corrected chi connectivity index (χ3v) is 2.55. The molecule has 0 aliphatic heterocycles. The van der Waals surface area contributed by atoms with Gasteiger partial charge in [-0.3, -0.25) is 4.98 Å². The summed E-state index contributed by atoms with van der Waals surface area (Å²) in [5, 5.41) is 2.89. The summed E-state index contributed by atoms with van der Waals surface area (Å²) in [5.74, 6) is -1.78. The quantitative estimate of drug-likeness (QED) is 0.908. The fraction of sp³-hybridized carbons (Fsp3) is 0.154. The van der Waals surface area contributed by atoms with E-state index in [1.807, 2.05) is 0 Å². The highest BCUT2D eigenvalue weighted by Gasteiger charge is 2.15. The Balaban J connectivity index is 2.41. The topological polar surface area (TPSA) is 24.9 Å². The number of halogens is 3. The predicted octanol–water partition coefficient (Wildman–Crippen LogP) is 2.81. The van der Waals surface area contributed by atoms with Crippen molar-refractivity contribution in [2.45, 2.75) is 6.04 Å². The maximum Gasteiger partial charge on any atom is 0.141 e. The minimum atomic E-state index is -0.660. The zero-order valence-electron chi connectivity index (χ0n) is 9.62. The first-order valence-corrected chi connectivity index (χ1v) is 5.35. The lowest BCUT2D eigenvalue weighted by molar-refractivity contribution is 0.568. The molecule has 1 unspecified atom stereocenters. The monoisotopic (exact) mass is 252 g/mol. The van der Waals surface area contributed by atoms with Crippen LogP contribution >= 0.6 is 0 Å². The summed E-state index contributed by atoms with van der Waals surface area (Å²) in [5.41, 5.74) is 0.887. The van der Waals surface area contributed by atoms with Gasteiger partial charge < -0.3 is 5.32 Å². The normalized spacial score (nSPS) is 12.4. The summed E-state index contributed by atoms with van der Waals surface area (Å²) in [6.07, 6.45) is 1.06. The molecule has 1 atom stereocenters. The van der Waals surface area contributed by atoms with E-state index in [1.165, 1.54) is 24.3 Å². The Bertz CT molecular complexity index is 520. The van der Waals surface area contributed by atoms with E-state index in [-0.39, 0.29) is 0 Å². The predicted molar refractivity (Wildman–Crippen MR) is 61.5 cm³/mol. The largest absolute Gasteiger partial charge is 0.308 e. The molecule has 0 aliphatic carbocycles. The third kappa shape index (κ3) is 2.68. The molecule has 2 nitrogen and oxygen atoms in total. The molecule has 1 aromatic heterocycles. The van der Waals surface area contributed by atoms with Gasteiger partial charge in [0.1, 0.15) is 17.5 Å². The fourth-order valence-corrected chi connectivity index (χ4v) is 1.79. The second-order valence-electron chi connectivity index (χ2n) is 3.83. The average molecular weight is 252 g/mol. The highest BCUT2D eigenvalue weighted by atomic mass is 19.1. The van der Waals surface area contributed by atoms with Gasteiger partial charge in [0.2, 0.25) is 0 Å². The van der Waals surface area contributed by atoms with Crippen LogP contribution in [0, 0.1) is 17.5 Å². The van der Waals surface area contributed by atoms with Crippen molar-refractivity contribution < 1.29 is 13.2 Å². The Hall–Kier alpha value is -1.88. The van der Waals surface area contributed by atoms with Gasteiger partial charge in [-0.15, -0.1) is 0 Å². The zero-order valence-corrected chi connectivity index (χ0v) is 9.62. The Morgan fingerprint density at radius 1 is 1.00 bits per heavy atom. The minimum absolute atomic E-state index is 0.397. The number of rotatable bonds is 3. The van der Waals surface area contributed by atoms with Gasteiger partial charge in [0.05, 0.1) is 17.9 Å². The fourth-order valence-electron chi connectivity index (χ4n) is 1.79. The van der Waals surface area contributed by atoms with E-state index in [1.54, 1.807) is 7.05 Å². The molecule has 94 valence electrons. The Labute approximate surface area is 102 Å². The number of pyridine rings is 1. The van der Waals surface area contributed by atoms with Crippen LogP contribution in [0.3, 0.4) is 0 Å². The van der Waals surface area contributed by atoms with Crippen LogP contribution < -0.4 is 5.32 Å². The highest BCUT2D eigenvalue weighted by Crippen LogP contribution is 2.21. The SMILES string of the molecule is CNC(c1cc(F)cc(F)c1)c1ccc(F)cn1. The van der Waals surface area contributed by atoms with E-state index in [9.17, 15) is 13.2 Å². The second kappa shape index (κ2) is 5.18. The van der Waals surface area contributed by atoms with Gasteiger partial charge in [0, 0.05) is 6.07 Å². The molecule has 1 N–H and O–H groups in total. The van der Waals surface area contributed by atoms with Gasteiger partial charge in [-0.25, -0.2) is 13.2 Å². The van der Waals surface area contributed by atoms with Gasteiger partial charge in [-0.05, 0) is 36.9 Å². The number of benzene rings is 1. The highest BCUT2D eigenvalue weighted by molar-refractivity contribution is 5.28. The van der Waals surface area contributed by atoms with Crippen molar-refractivity contribution in [3.8, 4) is 0 Å². The lowest BCUT2D eigenvalue weighted by atomic mass is 10.0. The van der Waals surface area contributed by atoms with E-state index < -0.39 is 23.5 Å². The molecule has 18 heavy (non-hydrogen) atoms. The molecule has 0 amide bonds. The summed E-state index contributed by atoms with van der Waals surface area (Å²) in [4.78, 5) is 3.90. The van der Waals surface area contributed by atoms with Crippen molar-refractivity contribution in [3.63, 3.8) is 0 Å². The van der Waals surface area contributed by atoms with E-state index >= 15 is 0 Å². The van der Waals surface area contributed by atoms with Crippen LogP contribution in [-0.2, 0) is 0 Å². The first kappa shape index (κ1) is 12.6. The van der Waals surface area contributed by atoms with Gasteiger partial charge in [-0.2, -0.15) is 0 Å². The van der Waals surface area contributed by atoms with Crippen molar-refractivity contribution in [1.82, 2.24) is 10.3 Å². The van der Waals surface area contributed by atoms with E-state index in [0.717, 1.165) is 12.3 Å². The Morgan fingerprint density at radius 3 is 2.17 bits per heavy atom. The molecule has 0 saturated heterocycles. The van der Waals surface area contributed by atoms with Gasteiger partial charge in [-0.1, -0.05) is 0 Å². The second-order valence-corrected chi connectivity index (χ2v) is 3.83. The lowest BCUT2D eigenvalue weighted by Gasteiger charge is -2.16. The van der Waals surface area contributed by atoms with Crippen LogP contribution in [0.25, 0.3) is 0 Å². The van der Waals surface area contributed by atoms with Crippen LogP contribution in [0.1, 0.15) is 17.3 Å². The summed E-state index contributed by atoms with van der Waals surface area (Å²) < 4.78 is 39.1. The molecule has 0 aliphatic rings. The smallest absolute Gasteiger partial charge is 0.141 e. The molecule has 1 aromatic carbocycles. The first-order chi connectivity index (χ1) is 8.60. The zero-order chi connectivity index (χ0) is 13.1. The molecule has 0 spiro atoms. The summed E-state index contributed by atoms with van der Waals surface area (Å²) in [6.45, 7) is 0. The lowest BCUT2D eigenvalue weighted by Crippen LogP contribution is -2.19. The number of hydrogen-bond donors (Lipinski definition) is 1. The molecule has 1 heterocycles. The van der Waals surface area contributed by atoms with Gasteiger partial charge in [0.15, 0.2) is 0 Å². The van der Waals surface area contributed by atoms with Gasteiger partial charge >= 0.3 is 0 Å².